The Balaban J connectivity index is 1.97. The molecule has 6 heteroatoms. The molecule has 1 N–H and O–H groups in total. The molecular weight excluding hydrogens is 310 g/mol. The van der Waals surface area contributed by atoms with Gasteiger partial charge in [0.15, 0.2) is 0 Å². The van der Waals surface area contributed by atoms with Gasteiger partial charge >= 0.3 is 0 Å². The molecular formula is C17H27N3O2S. The third-order valence-electron chi connectivity index (χ3n) is 4.49. The minimum Gasteiger partial charge on any atom is -0.339 e. The van der Waals surface area contributed by atoms with E-state index in [0.717, 1.165) is 32.6 Å². The van der Waals surface area contributed by atoms with Crippen LogP contribution in [-0.2, 0) is 4.79 Å². The van der Waals surface area contributed by atoms with Crippen LogP contribution in [0.5, 0.6) is 0 Å². The summed E-state index contributed by atoms with van der Waals surface area (Å²) in [6, 6.07) is 4.04. The fraction of sp³-hybridized carbons (Fsp3) is 0.647. The molecule has 1 saturated heterocycles. The normalized spacial score (nSPS) is 18.5. The second kappa shape index (κ2) is 7.45. The molecule has 1 aliphatic rings. The van der Waals surface area contributed by atoms with Gasteiger partial charge in [-0.2, -0.15) is 0 Å². The van der Waals surface area contributed by atoms with Crippen LogP contribution in [0.4, 0.5) is 0 Å². The molecule has 0 radical (unpaired) electrons. The highest BCUT2D eigenvalue weighted by Crippen LogP contribution is 2.20. The molecule has 1 fully saturated rings. The summed E-state index contributed by atoms with van der Waals surface area (Å²) in [7, 11) is 0. The number of nitrogens with one attached hydrogen (secondary N) is 1. The van der Waals surface area contributed by atoms with Gasteiger partial charge in [0.2, 0.25) is 5.91 Å². The zero-order chi connectivity index (χ0) is 17.0. The van der Waals surface area contributed by atoms with Gasteiger partial charge in [-0.3, -0.25) is 14.5 Å². The first-order valence-corrected chi connectivity index (χ1v) is 9.16. The predicted octanol–water partition coefficient (Wildman–Crippen LogP) is 2.20. The summed E-state index contributed by atoms with van der Waals surface area (Å²) in [5, 5.41) is 4.73. The van der Waals surface area contributed by atoms with E-state index in [2.05, 4.69) is 24.1 Å². The summed E-state index contributed by atoms with van der Waals surface area (Å²) in [5.41, 5.74) is -0.890. The lowest BCUT2D eigenvalue weighted by Crippen LogP contribution is -2.55. The monoisotopic (exact) mass is 337 g/mol. The van der Waals surface area contributed by atoms with Gasteiger partial charge in [0.05, 0.1) is 4.88 Å². The molecule has 1 aliphatic heterocycles. The molecule has 1 atom stereocenters. The van der Waals surface area contributed by atoms with Crippen molar-refractivity contribution in [1.82, 2.24) is 15.1 Å². The molecule has 5 nitrogen and oxygen atoms in total. The van der Waals surface area contributed by atoms with E-state index in [1.54, 1.807) is 19.9 Å². The van der Waals surface area contributed by atoms with E-state index in [-0.39, 0.29) is 11.8 Å². The van der Waals surface area contributed by atoms with E-state index in [9.17, 15) is 9.59 Å². The van der Waals surface area contributed by atoms with Crippen molar-refractivity contribution in [3.63, 3.8) is 0 Å². The smallest absolute Gasteiger partial charge is 0.262 e. The summed E-state index contributed by atoms with van der Waals surface area (Å²) in [6.07, 6.45) is 1.00. The first-order chi connectivity index (χ1) is 10.9. The SMILES string of the molecule is CCN(CC)[C@H]1CCN(C(=O)C(C)(C)NC(=O)c2cccs2)C1. The Kier molecular flexibility index (Phi) is 5.81. The fourth-order valence-electron chi connectivity index (χ4n) is 3.17. The maximum absolute atomic E-state index is 12.8. The van der Waals surface area contributed by atoms with Gasteiger partial charge < -0.3 is 10.2 Å². The Bertz CT molecular complexity index is 538. The maximum Gasteiger partial charge on any atom is 0.262 e. The largest absolute Gasteiger partial charge is 0.339 e. The molecule has 0 spiro atoms. The second-order valence-corrected chi connectivity index (χ2v) is 7.42. The number of thiophene rings is 1. The second-order valence-electron chi connectivity index (χ2n) is 6.47. The first-order valence-electron chi connectivity index (χ1n) is 8.28. The highest BCUT2D eigenvalue weighted by Gasteiger charge is 2.38. The molecule has 0 bridgehead atoms. The highest BCUT2D eigenvalue weighted by atomic mass is 32.1. The summed E-state index contributed by atoms with van der Waals surface area (Å²) < 4.78 is 0. The molecule has 0 unspecified atom stereocenters. The van der Waals surface area contributed by atoms with Crippen LogP contribution >= 0.6 is 11.3 Å². The van der Waals surface area contributed by atoms with Crippen LogP contribution in [0.15, 0.2) is 17.5 Å². The Morgan fingerprint density at radius 3 is 2.65 bits per heavy atom. The van der Waals surface area contributed by atoms with Crippen molar-refractivity contribution in [2.45, 2.75) is 45.7 Å². The van der Waals surface area contributed by atoms with Crippen LogP contribution in [0.2, 0.25) is 0 Å². The fourth-order valence-corrected chi connectivity index (χ4v) is 3.79. The third-order valence-corrected chi connectivity index (χ3v) is 5.35. The minimum atomic E-state index is -0.890. The van der Waals surface area contributed by atoms with Crippen LogP contribution in [0.3, 0.4) is 0 Å². The Labute approximate surface area is 142 Å². The van der Waals surface area contributed by atoms with Gasteiger partial charge in [0.25, 0.3) is 5.91 Å². The van der Waals surface area contributed by atoms with Gasteiger partial charge in [-0.25, -0.2) is 0 Å². The van der Waals surface area contributed by atoms with Gasteiger partial charge in [0, 0.05) is 19.1 Å². The standard InChI is InChI=1S/C17H27N3O2S/c1-5-19(6-2)13-9-10-20(12-13)16(22)17(3,4)18-15(21)14-8-7-11-23-14/h7-8,11,13H,5-6,9-10,12H2,1-4H3,(H,18,21)/t13-/m0/s1. The van der Waals surface area contributed by atoms with Crippen LogP contribution in [0.1, 0.15) is 43.8 Å². The molecule has 2 heterocycles. The van der Waals surface area contributed by atoms with E-state index >= 15 is 0 Å². The summed E-state index contributed by atoms with van der Waals surface area (Å²) in [6.45, 7) is 11.4. The van der Waals surface area contributed by atoms with Crippen molar-refractivity contribution in [3.05, 3.63) is 22.4 Å². The van der Waals surface area contributed by atoms with Crippen molar-refractivity contribution >= 4 is 23.2 Å². The molecule has 1 aromatic heterocycles. The van der Waals surface area contributed by atoms with Gasteiger partial charge in [-0.15, -0.1) is 11.3 Å². The first kappa shape index (κ1) is 17.9. The number of likely N-dealkylation sites (N-methyl/N-ethyl adjacent to an activating group) is 1. The lowest BCUT2D eigenvalue weighted by molar-refractivity contribution is -0.135. The summed E-state index contributed by atoms with van der Waals surface area (Å²) in [5.74, 6) is -0.185. The predicted molar refractivity (Wildman–Crippen MR) is 93.8 cm³/mol. The quantitative estimate of drug-likeness (QED) is 0.866. The molecule has 23 heavy (non-hydrogen) atoms. The number of rotatable bonds is 6. The number of carbonyl (C=O) groups excluding carboxylic acids is 2. The summed E-state index contributed by atoms with van der Waals surface area (Å²) >= 11 is 1.38. The Hall–Kier alpha value is -1.40. The maximum atomic E-state index is 12.8. The molecule has 0 aromatic carbocycles. The number of hydrogen-bond donors (Lipinski definition) is 1. The molecule has 2 rings (SSSR count). The Morgan fingerprint density at radius 2 is 2.09 bits per heavy atom. The highest BCUT2D eigenvalue weighted by molar-refractivity contribution is 7.12. The topological polar surface area (TPSA) is 52.6 Å². The molecule has 128 valence electrons. The van der Waals surface area contributed by atoms with Crippen molar-refractivity contribution in [2.24, 2.45) is 0 Å². The lowest BCUT2D eigenvalue weighted by atomic mass is 10.0. The summed E-state index contributed by atoms with van der Waals surface area (Å²) in [4.78, 5) is 30.0. The van der Waals surface area contributed by atoms with E-state index in [0.29, 0.717) is 10.9 Å². The molecule has 1 aromatic rings. The van der Waals surface area contributed by atoms with Gasteiger partial charge in [-0.1, -0.05) is 19.9 Å². The molecule has 0 saturated carbocycles. The van der Waals surface area contributed by atoms with Crippen LogP contribution in [-0.4, -0.2) is 59.4 Å². The zero-order valence-electron chi connectivity index (χ0n) is 14.5. The van der Waals surface area contributed by atoms with Crippen molar-refractivity contribution in [2.75, 3.05) is 26.2 Å². The molecule has 2 amide bonds. The molecule has 0 aliphatic carbocycles. The minimum absolute atomic E-state index is 0.00272. The lowest BCUT2D eigenvalue weighted by Gasteiger charge is -2.31. The van der Waals surface area contributed by atoms with E-state index in [1.807, 2.05) is 16.3 Å². The number of likely N-dealkylation sites (tertiary alicyclic amines) is 1. The van der Waals surface area contributed by atoms with Crippen molar-refractivity contribution < 1.29 is 9.59 Å². The zero-order valence-corrected chi connectivity index (χ0v) is 15.3. The van der Waals surface area contributed by atoms with E-state index in [4.69, 9.17) is 0 Å². The van der Waals surface area contributed by atoms with Gasteiger partial charge in [-0.05, 0) is 44.8 Å². The Morgan fingerprint density at radius 1 is 1.39 bits per heavy atom. The average Bonchev–Trinajstić information content (AvgIpc) is 3.19. The van der Waals surface area contributed by atoms with Crippen molar-refractivity contribution in [1.29, 1.82) is 0 Å². The number of amides is 2. The number of nitrogens with zero attached hydrogens (tertiary/aromatic N) is 2. The average molecular weight is 337 g/mol. The van der Waals surface area contributed by atoms with Crippen LogP contribution in [0.25, 0.3) is 0 Å². The van der Waals surface area contributed by atoms with Crippen molar-refractivity contribution in [3.8, 4) is 0 Å². The van der Waals surface area contributed by atoms with Gasteiger partial charge in [0.1, 0.15) is 5.54 Å². The number of carbonyl (C=O) groups is 2. The third kappa shape index (κ3) is 4.12. The van der Waals surface area contributed by atoms with Crippen LogP contribution in [0, 0.1) is 0 Å². The van der Waals surface area contributed by atoms with E-state index in [1.165, 1.54) is 11.3 Å². The van der Waals surface area contributed by atoms with Crippen LogP contribution < -0.4 is 5.32 Å². The number of hydrogen-bond acceptors (Lipinski definition) is 4. The van der Waals surface area contributed by atoms with E-state index < -0.39 is 5.54 Å².